The largest absolute Gasteiger partial charge is 0.489 e. The molecule has 2 rings (SSSR count). The summed E-state index contributed by atoms with van der Waals surface area (Å²) in [6, 6.07) is 17.2. The minimum Gasteiger partial charge on any atom is -0.489 e. The summed E-state index contributed by atoms with van der Waals surface area (Å²) in [5.41, 5.74) is 1.94. The molecule has 4 nitrogen and oxygen atoms in total. The Hall–Kier alpha value is -1.61. The molecule has 100 valence electrons. The van der Waals surface area contributed by atoms with Gasteiger partial charge in [0, 0.05) is 0 Å². The SMILES string of the molecule is O=[PH](O)OCc1ccc(OCc2ccccc2)cc1. The lowest BCUT2D eigenvalue weighted by Crippen LogP contribution is -1.95. The van der Waals surface area contributed by atoms with E-state index in [1.165, 1.54) is 0 Å². The summed E-state index contributed by atoms with van der Waals surface area (Å²) in [5, 5.41) is 0. The third kappa shape index (κ3) is 4.87. The standard InChI is InChI=1S/C14H15O4P/c15-19(16)18-11-13-6-8-14(9-7-13)17-10-12-4-2-1-3-5-12/h1-9,19H,10-11H2,(H,15,16). The number of benzene rings is 2. The van der Waals surface area contributed by atoms with Gasteiger partial charge in [-0.1, -0.05) is 42.5 Å². The van der Waals surface area contributed by atoms with Crippen LogP contribution in [0.15, 0.2) is 54.6 Å². The number of hydrogen-bond acceptors (Lipinski definition) is 3. The van der Waals surface area contributed by atoms with Crippen molar-refractivity contribution in [1.29, 1.82) is 0 Å². The van der Waals surface area contributed by atoms with Crippen LogP contribution < -0.4 is 4.74 Å². The van der Waals surface area contributed by atoms with Crippen molar-refractivity contribution in [3.05, 3.63) is 65.7 Å². The maximum absolute atomic E-state index is 10.4. The van der Waals surface area contributed by atoms with E-state index in [2.05, 4.69) is 4.52 Å². The molecule has 0 aromatic heterocycles. The van der Waals surface area contributed by atoms with Gasteiger partial charge in [-0.25, -0.2) is 0 Å². The molecule has 0 saturated heterocycles. The van der Waals surface area contributed by atoms with Crippen LogP contribution in [0.25, 0.3) is 0 Å². The second kappa shape index (κ2) is 7.10. The van der Waals surface area contributed by atoms with Gasteiger partial charge in [0.1, 0.15) is 12.4 Å². The number of ether oxygens (including phenoxy) is 1. The fourth-order valence-electron chi connectivity index (χ4n) is 1.57. The summed E-state index contributed by atoms with van der Waals surface area (Å²) < 4.78 is 20.7. The fourth-order valence-corrected chi connectivity index (χ4v) is 1.86. The molecule has 5 heteroatoms. The summed E-state index contributed by atoms with van der Waals surface area (Å²) in [6.45, 7) is 0.647. The number of hydrogen-bond donors (Lipinski definition) is 1. The topological polar surface area (TPSA) is 55.8 Å². The van der Waals surface area contributed by atoms with Crippen molar-refractivity contribution in [3.63, 3.8) is 0 Å². The second-order valence-electron chi connectivity index (χ2n) is 3.97. The molecule has 0 fully saturated rings. The Kier molecular flexibility index (Phi) is 5.16. The predicted octanol–water partition coefficient (Wildman–Crippen LogP) is 3.16. The van der Waals surface area contributed by atoms with Gasteiger partial charge in [-0.15, -0.1) is 0 Å². The maximum Gasteiger partial charge on any atom is 0.316 e. The first-order valence-electron chi connectivity index (χ1n) is 5.85. The van der Waals surface area contributed by atoms with Gasteiger partial charge in [-0.05, 0) is 23.3 Å². The summed E-state index contributed by atoms with van der Waals surface area (Å²) >= 11 is 0. The van der Waals surface area contributed by atoms with Crippen LogP contribution in [0.1, 0.15) is 11.1 Å². The summed E-state index contributed by atoms with van der Waals surface area (Å²) in [6.07, 6.45) is 0. The van der Waals surface area contributed by atoms with E-state index in [1.54, 1.807) is 0 Å². The molecule has 0 bridgehead atoms. The molecule has 0 radical (unpaired) electrons. The van der Waals surface area contributed by atoms with E-state index in [-0.39, 0.29) is 6.61 Å². The second-order valence-corrected chi connectivity index (χ2v) is 4.79. The predicted molar refractivity (Wildman–Crippen MR) is 73.2 cm³/mol. The summed E-state index contributed by atoms with van der Waals surface area (Å²) in [5.74, 6) is 0.754. The molecule has 1 unspecified atom stereocenters. The van der Waals surface area contributed by atoms with Crippen LogP contribution in [0, 0.1) is 0 Å². The van der Waals surface area contributed by atoms with Crippen LogP contribution in [-0.4, -0.2) is 4.89 Å². The molecule has 0 heterocycles. The van der Waals surface area contributed by atoms with Gasteiger partial charge in [0.25, 0.3) is 0 Å². The first kappa shape index (κ1) is 13.8. The zero-order valence-corrected chi connectivity index (χ0v) is 11.3. The quantitative estimate of drug-likeness (QED) is 0.825. The Morgan fingerprint density at radius 3 is 2.16 bits per heavy atom. The van der Waals surface area contributed by atoms with Crippen LogP contribution in [-0.2, 0) is 22.3 Å². The van der Waals surface area contributed by atoms with E-state index in [9.17, 15) is 4.57 Å². The van der Waals surface area contributed by atoms with Crippen molar-refractivity contribution in [3.8, 4) is 5.75 Å². The van der Waals surface area contributed by atoms with E-state index in [0.29, 0.717) is 6.61 Å². The zero-order chi connectivity index (χ0) is 13.5. The molecule has 0 aliphatic rings. The van der Waals surface area contributed by atoms with Gasteiger partial charge in [-0.2, -0.15) is 0 Å². The third-order valence-electron chi connectivity index (χ3n) is 2.53. The molecule has 0 saturated carbocycles. The van der Waals surface area contributed by atoms with Crippen LogP contribution in [0.4, 0.5) is 0 Å². The van der Waals surface area contributed by atoms with Crippen molar-refractivity contribution in [1.82, 2.24) is 0 Å². The van der Waals surface area contributed by atoms with Crippen LogP contribution in [0.3, 0.4) is 0 Å². The highest BCUT2D eigenvalue weighted by atomic mass is 31.1. The minimum absolute atomic E-state index is 0.132. The van der Waals surface area contributed by atoms with Crippen molar-refractivity contribution in [2.24, 2.45) is 0 Å². The van der Waals surface area contributed by atoms with Crippen LogP contribution in [0.2, 0.25) is 0 Å². The molecule has 2 aromatic rings. The lowest BCUT2D eigenvalue weighted by molar-refractivity contribution is 0.272. The molecule has 1 N–H and O–H groups in total. The molecule has 1 atom stereocenters. The van der Waals surface area contributed by atoms with E-state index in [0.717, 1.165) is 16.9 Å². The Balaban J connectivity index is 1.86. The van der Waals surface area contributed by atoms with Gasteiger partial charge in [-0.3, -0.25) is 4.57 Å². The van der Waals surface area contributed by atoms with Crippen LogP contribution >= 0.6 is 8.25 Å². The van der Waals surface area contributed by atoms with Crippen molar-refractivity contribution in [2.45, 2.75) is 13.2 Å². The Morgan fingerprint density at radius 2 is 1.53 bits per heavy atom. The van der Waals surface area contributed by atoms with Gasteiger partial charge in [0.15, 0.2) is 0 Å². The molecule has 19 heavy (non-hydrogen) atoms. The molecule has 0 aliphatic carbocycles. The average molecular weight is 278 g/mol. The molecular weight excluding hydrogens is 263 g/mol. The highest BCUT2D eigenvalue weighted by Crippen LogP contribution is 2.20. The summed E-state index contributed by atoms with van der Waals surface area (Å²) in [7, 11) is -2.87. The summed E-state index contributed by atoms with van der Waals surface area (Å²) in [4.78, 5) is 8.58. The molecule has 0 spiro atoms. The van der Waals surface area contributed by atoms with Crippen molar-refractivity contribution in [2.75, 3.05) is 0 Å². The third-order valence-corrected chi connectivity index (χ3v) is 2.93. The van der Waals surface area contributed by atoms with E-state index >= 15 is 0 Å². The first-order valence-corrected chi connectivity index (χ1v) is 7.12. The van der Waals surface area contributed by atoms with Crippen LogP contribution in [0.5, 0.6) is 5.75 Å². The number of rotatable bonds is 6. The Bertz CT molecular complexity index is 525. The molecule has 0 amide bonds. The molecular formula is C14H15O4P. The smallest absolute Gasteiger partial charge is 0.316 e. The normalized spacial score (nSPS) is 12.1. The van der Waals surface area contributed by atoms with E-state index < -0.39 is 8.25 Å². The first-order chi connectivity index (χ1) is 9.24. The highest BCUT2D eigenvalue weighted by Gasteiger charge is 1.98. The van der Waals surface area contributed by atoms with Crippen molar-refractivity contribution >= 4 is 8.25 Å². The molecule has 0 aliphatic heterocycles. The van der Waals surface area contributed by atoms with Gasteiger partial charge in [0.2, 0.25) is 0 Å². The van der Waals surface area contributed by atoms with Gasteiger partial charge >= 0.3 is 8.25 Å². The average Bonchev–Trinajstić information content (AvgIpc) is 2.45. The fraction of sp³-hybridized carbons (Fsp3) is 0.143. The highest BCUT2D eigenvalue weighted by molar-refractivity contribution is 7.32. The molecule has 2 aromatic carbocycles. The van der Waals surface area contributed by atoms with E-state index in [1.807, 2.05) is 54.6 Å². The van der Waals surface area contributed by atoms with E-state index in [4.69, 9.17) is 9.63 Å². The minimum atomic E-state index is -2.87. The Labute approximate surface area is 112 Å². The zero-order valence-electron chi connectivity index (χ0n) is 10.3. The van der Waals surface area contributed by atoms with Crippen molar-refractivity contribution < 1.29 is 18.7 Å². The lowest BCUT2D eigenvalue weighted by atomic mass is 10.2. The maximum atomic E-state index is 10.4. The van der Waals surface area contributed by atoms with Gasteiger partial charge in [0.05, 0.1) is 6.61 Å². The monoisotopic (exact) mass is 278 g/mol. The lowest BCUT2D eigenvalue weighted by Gasteiger charge is -2.07. The Morgan fingerprint density at radius 1 is 0.895 bits per heavy atom. The van der Waals surface area contributed by atoms with Gasteiger partial charge < -0.3 is 14.2 Å².